The zero-order valence-corrected chi connectivity index (χ0v) is 12.1. The van der Waals surface area contributed by atoms with Gasteiger partial charge in [0.25, 0.3) is 0 Å². The zero-order valence-electron chi connectivity index (χ0n) is 10.5. The molecule has 0 aliphatic heterocycles. The fourth-order valence-electron chi connectivity index (χ4n) is 2.93. The fraction of sp³-hybridized carbons (Fsp3) is 0.600. The second-order valence-electron chi connectivity index (χ2n) is 5.34. The lowest BCUT2D eigenvalue weighted by Crippen LogP contribution is -2.30. The fourth-order valence-corrected chi connectivity index (χ4v) is 3.20. The number of hydrogen-bond donors (Lipinski definition) is 1. The highest BCUT2D eigenvalue weighted by molar-refractivity contribution is 9.10. The molecular formula is C15H22BrN. The van der Waals surface area contributed by atoms with E-state index < -0.39 is 0 Å². The van der Waals surface area contributed by atoms with Crippen molar-refractivity contribution in [3.63, 3.8) is 0 Å². The quantitative estimate of drug-likeness (QED) is 0.887. The molecule has 1 aromatic rings. The number of rotatable bonds is 4. The Hall–Kier alpha value is -0.340. The Balaban J connectivity index is 1.89. The Bertz CT molecular complexity index is 346. The molecule has 1 saturated carbocycles. The van der Waals surface area contributed by atoms with Crippen LogP contribution in [-0.2, 0) is 6.42 Å². The molecule has 1 aliphatic rings. The van der Waals surface area contributed by atoms with Gasteiger partial charge in [-0.05, 0) is 48.8 Å². The summed E-state index contributed by atoms with van der Waals surface area (Å²) in [5, 5.41) is 0. The highest BCUT2D eigenvalue weighted by atomic mass is 79.9. The summed E-state index contributed by atoms with van der Waals surface area (Å²) in [6.45, 7) is 2.30. The Morgan fingerprint density at radius 3 is 2.59 bits per heavy atom. The van der Waals surface area contributed by atoms with E-state index in [9.17, 15) is 0 Å². The van der Waals surface area contributed by atoms with E-state index in [1.807, 2.05) is 0 Å². The molecule has 1 aliphatic carbocycles. The van der Waals surface area contributed by atoms with Gasteiger partial charge in [-0.15, -0.1) is 0 Å². The minimum absolute atomic E-state index is 0.340. The van der Waals surface area contributed by atoms with E-state index >= 15 is 0 Å². The molecule has 0 saturated heterocycles. The van der Waals surface area contributed by atoms with Crippen molar-refractivity contribution in [2.24, 2.45) is 17.6 Å². The molecule has 0 amide bonds. The van der Waals surface area contributed by atoms with Gasteiger partial charge in [0.15, 0.2) is 0 Å². The van der Waals surface area contributed by atoms with Crippen LogP contribution in [0.2, 0.25) is 0 Å². The van der Waals surface area contributed by atoms with Gasteiger partial charge in [-0.3, -0.25) is 0 Å². The normalized spacial score (nSPS) is 26.1. The van der Waals surface area contributed by atoms with Crippen LogP contribution in [0.15, 0.2) is 28.7 Å². The van der Waals surface area contributed by atoms with Crippen LogP contribution < -0.4 is 5.73 Å². The topological polar surface area (TPSA) is 26.0 Å². The van der Waals surface area contributed by atoms with Crippen LogP contribution in [0, 0.1) is 11.8 Å². The summed E-state index contributed by atoms with van der Waals surface area (Å²) < 4.78 is 1.14. The highest BCUT2D eigenvalue weighted by Gasteiger charge is 2.27. The Kier molecular flexibility index (Phi) is 4.63. The summed E-state index contributed by atoms with van der Waals surface area (Å²) in [6, 6.07) is 8.90. The lowest BCUT2D eigenvalue weighted by molar-refractivity contribution is 0.405. The predicted molar refractivity (Wildman–Crippen MR) is 76.9 cm³/mol. The molecule has 3 atom stereocenters. The molecule has 94 valence electrons. The smallest absolute Gasteiger partial charge is 0.0175 e. The van der Waals surface area contributed by atoms with Crippen molar-refractivity contribution in [1.29, 1.82) is 0 Å². The van der Waals surface area contributed by atoms with Crippen LogP contribution >= 0.6 is 15.9 Å². The molecule has 0 spiro atoms. The van der Waals surface area contributed by atoms with Gasteiger partial charge in [-0.25, -0.2) is 0 Å². The first-order valence-corrected chi connectivity index (χ1v) is 7.48. The van der Waals surface area contributed by atoms with Crippen molar-refractivity contribution in [1.82, 2.24) is 0 Å². The molecule has 2 heteroatoms. The standard InChI is InChI=1S/C15H22BrN/c1-2-11-3-6-13(9-11)15(17)10-12-4-7-14(16)8-5-12/h4-5,7-8,11,13,15H,2-3,6,9-10,17H2,1H3. The van der Waals surface area contributed by atoms with Crippen molar-refractivity contribution in [3.8, 4) is 0 Å². The van der Waals surface area contributed by atoms with Crippen LogP contribution in [0.3, 0.4) is 0 Å². The van der Waals surface area contributed by atoms with Crippen LogP contribution in [0.25, 0.3) is 0 Å². The Morgan fingerprint density at radius 2 is 2.00 bits per heavy atom. The molecular weight excluding hydrogens is 274 g/mol. The monoisotopic (exact) mass is 295 g/mol. The van der Waals surface area contributed by atoms with E-state index in [1.54, 1.807) is 0 Å². The maximum absolute atomic E-state index is 6.35. The van der Waals surface area contributed by atoms with Gasteiger partial charge < -0.3 is 5.73 Å². The summed E-state index contributed by atoms with van der Waals surface area (Å²) in [5.74, 6) is 1.67. The molecule has 0 bridgehead atoms. The average Bonchev–Trinajstić information content (AvgIpc) is 2.81. The summed E-state index contributed by atoms with van der Waals surface area (Å²) in [4.78, 5) is 0. The van der Waals surface area contributed by atoms with Gasteiger partial charge in [0, 0.05) is 10.5 Å². The number of hydrogen-bond acceptors (Lipinski definition) is 1. The molecule has 0 aromatic heterocycles. The van der Waals surface area contributed by atoms with E-state index in [2.05, 4.69) is 47.1 Å². The first-order chi connectivity index (χ1) is 8.19. The van der Waals surface area contributed by atoms with Crippen LogP contribution in [-0.4, -0.2) is 6.04 Å². The Morgan fingerprint density at radius 1 is 1.29 bits per heavy atom. The van der Waals surface area contributed by atoms with Gasteiger partial charge in [0.2, 0.25) is 0 Å². The van der Waals surface area contributed by atoms with Crippen molar-refractivity contribution in [3.05, 3.63) is 34.3 Å². The first-order valence-electron chi connectivity index (χ1n) is 6.69. The minimum atomic E-state index is 0.340. The molecule has 17 heavy (non-hydrogen) atoms. The van der Waals surface area contributed by atoms with Crippen molar-refractivity contribution in [2.75, 3.05) is 0 Å². The van der Waals surface area contributed by atoms with Gasteiger partial charge in [-0.1, -0.05) is 47.8 Å². The van der Waals surface area contributed by atoms with Crippen LogP contribution in [0.5, 0.6) is 0 Å². The SMILES string of the molecule is CCC1CCC(C(N)Cc2ccc(Br)cc2)C1. The van der Waals surface area contributed by atoms with Crippen molar-refractivity contribution >= 4 is 15.9 Å². The number of halogens is 1. The van der Waals surface area contributed by atoms with E-state index in [0.717, 1.165) is 22.7 Å². The van der Waals surface area contributed by atoms with Crippen molar-refractivity contribution in [2.45, 2.75) is 45.1 Å². The maximum atomic E-state index is 6.35. The summed E-state index contributed by atoms with van der Waals surface area (Å²) in [5.41, 5.74) is 7.72. The largest absolute Gasteiger partial charge is 0.327 e. The molecule has 0 heterocycles. The maximum Gasteiger partial charge on any atom is 0.0175 e. The Labute approximate surface area is 113 Å². The molecule has 3 unspecified atom stereocenters. The summed E-state index contributed by atoms with van der Waals surface area (Å²) >= 11 is 3.46. The van der Waals surface area contributed by atoms with Gasteiger partial charge >= 0.3 is 0 Å². The molecule has 1 fully saturated rings. The molecule has 0 radical (unpaired) electrons. The van der Waals surface area contributed by atoms with Gasteiger partial charge in [-0.2, -0.15) is 0 Å². The second kappa shape index (κ2) is 6.01. The number of benzene rings is 1. The van der Waals surface area contributed by atoms with Crippen LogP contribution in [0.1, 0.15) is 38.2 Å². The minimum Gasteiger partial charge on any atom is -0.327 e. The highest BCUT2D eigenvalue weighted by Crippen LogP contribution is 2.35. The van der Waals surface area contributed by atoms with Gasteiger partial charge in [0.05, 0.1) is 0 Å². The van der Waals surface area contributed by atoms with E-state index in [0.29, 0.717) is 6.04 Å². The van der Waals surface area contributed by atoms with Crippen molar-refractivity contribution < 1.29 is 0 Å². The second-order valence-corrected chi connectivity index (χ2v) is 6.26. The lowest BCUT2D eigenvalue weighted by atomic mass is 9.92. The third-order valence-corrected chi connectivity index (χ3v) is 4.68. The third kappa shape index (κ3) is 3.56. The van der Waals surface area contributed by atoms with Crippen LogP contribution in [0.4, 0.5) is 0 Å². The molecule has 2 rings (SSSR count). The summed E-state index contributed by atoms with van der Waals surface area (Å²) in [6.07, 6.45) is 6.40. The van der Waals surface area contributed by atoms with E-state index in [-0.39, 0.29) is 0 Å². The first kappa shape index (κ1) is 13.1. The van der Waals surface area contributed by atoms with E-state index in [4.69, 9.17) is 5.73 Å². The molecule has 2 N–H and O–H groups in total. The van der Waals surface area contributed by atoms with E-state index in [1.165, 1.54) is 31.2 Å². The molecule has 1 aromatic carbocycles. The zero-order chi connectivity index (χ0) is 12.3. The summed E-state index contributed by atoms with van der Waals surface area (Å²) in [7, 11) is 0. The lowest BCUT2D eigenvalue weighted by Gasteiger charge is -2.19. The average molecular weight is 296 g/mol. The third-order valence-electron chi connectivity index (χ3n) is 4.15. The molecule has 1 nitrogen and oxygen atoms in total. The van der Waals surface area contributed by atoms with Gasteiger partial charge in [0.1, 0.15) is 0 Å². The number of nitrogens with two attached hydrogens (primary N) is 1. The predicted octanol–water partition coefficient (Wildman–Crippen LogP) is 4.15.